The summed E-state index contributed by atoms with van der Waals surface area (Å²) in [6.45, 7) is 2.04. The highest BCUT2D eigenvalue weighted by molar-refractivity contribution is 5.94. The Balaban J connectivity index is 1.52. The highest BCUT2D eigenvalue weighted by atomic mass is 16.6. The van der Waals surface area contributed by atoms with Gasteiger partial charge in [0.1, 0.15) is 17.3 Å². The molecule has 1 amide bonds. The summed E-state index contributed by atoms with van der Waals surface area (Å²) in [5.41, 5.74) is 0.410. The number of carbonyl (C=O) groups excluding carboxylic acids is 1. The van der Waals surface area contributed by atoms with Crippen LogP contribution in [0.3, 0.4) is 0 Å². The number of carbonyl (C=O) groups is 1. The van der Waals surface area contributed by atoms with E-state index >= 15 is 0 Å². The number of rotatable bonds is 4. The van der Waals surface area contributed by atoms with Crippen LogP contribution in [0, 0.1) is 0 Å². The molecule has 1 N–H and O–H groups in total. The van der Waals surface area contributed by atoms with E-state index in [0.717, 1.165) is 18.4 Å². The molecule has 2 saturated heterocycles. The monoisotopic (exact) mass is 354 g/mol. The Hall–Kier alpha value is -2.44. The van der Waals surface area contributed by atoms with Crippen molar-refractivity contribution in [2.24, 2.45) is 0 Å². The van der Waals surface area contributed by atoms with Gasteiger partial charge in [-0.3, -0.25) is 9.59 Å². The minimum absolute atomic E-state index is 0.157. The average molecular weight is 354 g/mol. The third kappa shape index (κ3) is 3.18. The van der Waals surface area contributed by atoms with Gasteiger partial charge >= 0.3 is 0 Å². The van der Waals surface area contributed by atoms with Gasteiger partial charge in [0.15, 0.2) is 0 Å². The van der Waals surface area contributed by atoms with E-state index in [1.807, 2.05) is 30.3 Å². The molecular formula is C20H22N2O4. The summed E-state index contributed by atoms with van der Waals surface area (Å²) in [6.07, 6.45) is 3.15. The maximum absolute atomic E-state index is 12.8. The van der Waals surface area contributed by atoms with Crippen molar-refractivity contribution in [2.45, 2.75) is 31.2 Å². The van der Waals surface area contributed by atoms with Crippen molar-refractivity contribution >= 4 is 5.91 Å². The lowest BCUT2D eigenvalue weighted by atomic mass is 9.96. The molecule has 2 atom stereocenters. The zero-order chi connectivity index (χ0) is 18.0. The van der Waals surface area contributed by atoms with Crippen molar-refractivity contribution in [3.8, 4) is 0 Å². The molecule has 6 heteroatoms. The molecule has 0 bridgehead atoms. The van der Waals surface area contributed by atoms with Gasteiger partial charge in [-0.2, -0.15) is 0 Å². The number of aromatic nitrogens is 1. The summed E-state index contributed by atoms with van der Waals surface area (Å²) < 4.78 is 12.2. The van der Waals surface area contributed by atoms with Gasteiger partial charge in [0, 0.05) is 12.8 Å². The van der Waals surface area contributed by atoms with Crippen molar-refractivity contribution in [1.29, 1.82) is 0 Å². The molecule has 0 radical (unpaired) electrons. The largest absolute Gasteiger partial charge is 0.370 e. The minimum atomic E-state index is -0.466. The van der Waals surface area contributed by atoms with Crippen molar-refractivity contribution in [1.82, 2.24) is 9.88 Å². The summed E-state index contributed by atoms with van der Waals surface area (Å²) in [6, 6.07) is 13.2. The lowest BCUT2D eigenvalue weighted by Gasteiger charge is -2.28. The molecule has 26 heavy (non-hydrogen) atoms. The predicted molar refractivity (Wildman–Crippen MR) is 95.9 cm³/mol. The van der Waals surface area contributed by atoms with E-state index in [1.54, 1.807) is 17.0 Å². The van der Waals surface area contributed by atoms with Crippen LogP contribution in [0.5, 0.6) is 0 Å². The molecule has 4 rings (SSSR count). The highest BCUT2D eigenvalue weighted by Gasteiger charge is 2.52. The van der Waals surface area contributed by atoms with Gasteiger partial charge in [0.2, 0.25) is 0 Å². The van der Waals surface area contributed by atoms with Crippen molar-refractivity contribution in [2.75, 3.05) is 19.7 Å². The molecule has 1 aromatic carbocycles. The zero-order valence-electron chi connectivity index (χ0n) is 14.5. The maximum Gasteiger partial charge on any atom is 0.260 e. The molecule has 0 saturated carbocycles. The summed E-state index contributed by atoms with van der Waals surface area (Å²) in [5.74, 6) is -0.271. The molecule has 1 spiro atoms. The molecule has 1 aromatic heterocycles. The number of hydrogen-bond acceptors (Lipinski definition) is 4. The molecule has 2 aliphatic heterocycles. The maximum atomic E-state index is 12.8. The topological polar surface area (TPSA) is 71.6 Å². The molecular weight excluding hydrogens is 332 g/mol. The lowest BCUT2D eigenvalue weighted by molar-refractivity contribution is -0.0959. The van der Waals surface area contributed by atoms with Gasteiger partial charge in [-0.15, -0.1) is 0 Å². The Morgan fingerprint density at radius 2 is 2.12 bits per heavy atom. The fraction of sp³-hybridized carbons (Fsp3) is 0.400. The summed E-state index contributed by atoms with van der Waals surface area (Å²) in [4.78, 5) is 29.0. The molecule has 0 aliphatic carbocycles. The SMILES string of the molecule is O=C(c1ccc[nH]c1=O)N1C[C@H](OCc2ccccc2)[C@]2(CCCO2)C1. The average Bonchev–Trinajstić information content (AvgIpc) is 3.28. The second-order valence-corrected chi connectivity index (χ2v) is 6.90. The second kappa shape index (κ2) is 7.05. The van der Waals surface area contributed by atoms with Crippen LogP contribution in [0.25, 0.3) is 0 Å². The Morgan fingerprint density at radius 1 is 1.27 bits per heavy atom. The van der Waals surface area contributed by atoms with Crippen LogP contribution < -0.4 is 5.56 Å². The second-order valence-electron chi connectivity index (χ2n) is 6.90. The quantitative estimate of drug-likeness (QED) is 0.911. The Labute approximate surface area is 151 Å². The molecule has 3 heterocycles. The van der Waals surface area contributed by atoms with E-state index < -0.39 is 5.60 Å². The first kappa shape index (κ1) is 17.0. The van der Waals surface area contributed by atoms with Crippen molar-refractivity contribution < 1.29 is 14.3 Å². The van der Waals surface area contributed by atoms with Crippen LogP contribution in [0.2, 0.25) is 0 Å². The lowest BCUT2D eigenvalue weighted by Crippen LogP contribution is -2.42. The normalized spacial score (nSPS) is 25.1. The third-order valence-corrected chi connectivity index (χ3v) is 5.20. The van der Waals surface area contributed by atoms with E-state index in [0.29, 0.717) is 26.3 Å². The number of amides is 1. The Morgan fingerprint density at radius 3 is 2.85 bits per heavy atom. The molecule has 2 aliphatic rings. The number of nitrogens with zero attached hydrogens (tertiary/aromatic N) is 1. The molecule has 2 fully saturated rings. The van der Waals surface area contributed by atoms with Gasteiger partial charge in [-0.05, 0) is 30.5 Å². The number of aromatic amines is 1. The molecule has 2 aromatic rings. The van der Waals surface area contributed by atoms with Crippen LogP contribution in [-0.4, -0.2) is 47.2 Å². The summed E-state index contributed by atoms with van der Waals surface area (Å²) >= 11 is 0. The van der Waals surface area contributed by atoms with Gasteiger partial charge in [-0.25, -0.2) is 0 Å². The van der Waals surface area contributed by atoms with Crippen LogP contribution in [0.4, 0.5) is 0 Å². The first-order valence-corrected chi connectivity index (χ1v) is 8.94. The number of H-pyrrole nitrogens is 1. The van der Waals surface area contributed by atoms with Crippen LogP contribution in [0.1, 0.15) is 28.8 Å². The Kier molecular flexibility index (Phi) is 4.61. The number of hydrogen-bond donors (Lipinski definition) is 1. The van der Waals surface area contributed by atoms with Crippen molar-refractivity contribution in [3.05, 3.63) is 70.1 Å². The predicted octanol–water partition coefficient (Wildman–Crippen LogP) is 1.97. The number of benzene rings is 1. The van der Waals surface area contributed by atoms with E-state index in [1.165, 1.54) is 6.20 Å². The Bertz CT molecular complexity index is 827. The summed E-state index contributed by atoms with van der Waals surface area (Å²) in [5, 5.41) is 0. The van der Waals surface area contributed by atoms with E-state index in [9.17, 15) is 9.59 Å². The van der Waals surface area contributed by atoms with E-state index in [4.69, 9.17) is 9.47 Å². The standard InChI is InChI=1S/C20H22N2O4/c23-18-16(8-4-10-21-18)19(24)22-12-17(20(14-22)9-5-11-26-20)25-13-15-6-2-1-3-7-15/h1-4,6-8,10,17H,5,9,11-14H2,(H,21,23)/t17-,20-/m0/s1. The zero-order valence-corrected chi connectivity index (χ0v) is 14.5. The summed E-state index contributed by atoms with van der Waals surface area (Å²) in [7, 11) is 0. The van der Waals surface area contributed by atoms with Gasteiger partial charge in [-0.1, -0.05) is 30.3 Å². The van der Waals surface area contributed by atoms with E-state index in [2.05, 4.69) is 4.98 Å². The van der Waals surface area contributed by atoms with Crippen LogP contribution >= 0.6 is 0 Å². The number of pyridine rings is 1. The fourth-order valence-corrected chi connectivity index (χ4v) is 3.84. The van der Waals surface area contributed by atoms with Gasteiger partial charge in [0.25, 0.3) is 11.5 Å². The fourth-order valence-electron chi connectivity index (χ4n) is 3.84. The van der Waals surface area contributed by atoms with E-state index in [-0.39, 0.29) is 23.1 Å². The van der Waals surface area contributed by atoms with Crippen molar-refractivity contribution in [3.63, 3.8) is 0 Å². The smallest absolute Gasteiger partial charge is 0.260 e. The first-order valence-electron chi connectivity index (χ1n) is 8.94. The third-order valence-electron chi connectivity index (χ3n) is 5.20. The molecule has 0 unspecified atom stereocenters. The van der Waals surface area contributed by atoms with Crippen LogP contribution in [-0.2, 0) is 16.1 Å². The molecule has 6 nitrogen and oxygen atoms in total. The van der Waals surface area contributed by atoms with Crippen LogP contribution in [0.15, 0.2) is 53.5 Å². The molecule has 136 valence electrons. The van der Waals surface area contributed by atoms with Gasteiger partial charge < -0.3 is 19.4 Å². The van der Waals surface area contributed by atoms with Gasteiger partial charge in [0.05, 0.1) is 19.7 Å². The number of ether oxygens (including phenoxy) is 2. The minimum Gasteiger partial charge on any atom is -0.370 e. The number of nitrogens with one attached hydrogen (secondary N) is 1. The number of likely N-dealkylation sites (tertiary alicyclic amines) is 1. The first-order chi connectivity index (χ1) is 12.7. The highest BCUT2D eigenvalue weighted by Crippen LogP contribution is 2.37.